The first-order valence-electron chi connectivity index (χ1n) is 6.76. The van der Waals surface area contributed by atoms with Crippen LogP contribution in [0.15, 0.2) is 12.3 Å². The predicted molar refractivity (Wildman–Crippen MR) is 68.4 cm³/mol. The zero-order valence-electron chi connectivity index (χ0n) is 11.4. The normalized spacial score (nSPS) is 19.9. The molecule has 1 atom stereocenters. The Bertz CT molecular complexity index is 626. The predicted octanol–water partition coefficient (Wildman–Crippen LogP) is 3.30. The Balaban J connectivity index is 1.86. The number of ether oxygens (including phenoxy) is 1. The highest BCUT2D eigenvalue weighted by molar-refractivity contribution is 5.49. The van der Waals surface area contributed by atoms with Gasteiger partial charge in [-0.1, -0.05) is 0 Å². The third-order valence-corrected chi connectivity index (χ3v) is 3.45. The Morgan fingerprint density at radius 1 is 1.38 bits per heavy atom. The van der Waals surface area contributed by atoms with Gasteiger partial charge in [-0.15, -0.1) is 0 Å². The van der Waals surface area contributed by atoms with Crippen molar-refractivity contribution in [3.8, 4) is 11.5 Å². The second kappa shape index (κ2) is 5.18. The molecule has 8 heteroatoms. The van der Waals surface area contributed by atoms with Gasteiger partial charge in [0.25, 0.3) is 0 Å². The molecule has 3 heterocycles. The Morgan fingerprint density at radius 2 is 2.19 bits per heavy atom. The number of H-pyrrole nitrogens is 1. The summed E-state index contributed by atoms with van der Waals surface area (Å²) in [6.45, 7) is 2.03. The van der Waals surface area contributed by atoms with E-state index in [1.807, 2.05) is 0 Å². The molecular formula is C13H15F3N4O. The molecule has 2 aromatic heterocycles. The van der Waals surface area contributed by atoms with E-state index in [1.54, 1.807) is 16.9 Å². The van der Waals surface area contributed by atoms with Gasteiger partial charge in [-0.3, -0.25) is 0 Å². The van der Waals surface area contributed by atoms with Gasteiger partial charge in [0.1, 0.15) is 11.9 Å². The molecule has 0 radical (unpaired) electrons. The van der Waals surface area contributed by atoms with E-state index in [9.17, 15) is 13.2 Å². The molecule has 1 unspecified atom stereocenters. The number of hydrogen-bond acceptors (Lipinski definition) is 3. The van der Waals surface area contributed by atoms with Crippen molar-refractivity contribution in [2.24, 2.45) is 0 Å². The van der Waals surface area contributed by atoms with E-state index in [0.717, 1.165) is 19.3 Å². The van der Waals surface area contributed by atoms with Gasteiger partial charge in [0.15, 0.2) is 11.5 Å². The summed E-state index contributed by atoms with van der Waals surface area (Å²) in [5.74, 6) is 0.120. The molecule has 1 saturated heterocycles. The molecule has 2 aromatic rings. The Kier molecular flexibility index (Phi) is 3.48. The summed E-state index contributed by atoms with van der Waals surface area (Å²) in [4.78, 5) is 6.25. The molecule has 0 aromatic carbocycles. The second-order valence-corrected chi connectivity index (χ2v) is 5.06. The minimum Gasteiger partial charge on any atom is -0.357 e. The lowest BCUT2D eigenvalue weighted by molar-refractivity contribution is -0.141. The highest BCUT2D eigenvalue weighted by Crippen LogP contribution is 2.32. The number of aromatic amines is 1. The fourth-order valence-electron chi connectivity index (χ4n) is 2.41. The van der Waals surface area contributed by atoms with Crippen LogP contribution in [0.1, 0.15) is 36.9 Å². The smallest absolute Gasteiger partial charge is 0.357 e. The van der Waals surface area contributed by atoms with Crippen LogP contribution in [0.4, 0.5) is 13.2 Å². The quantitative estimate of drug-likeness (QED) is 0.926. The summed E-state index contributed by atoms with van der Waals surface area (Å²) in [5.41, 5.74) is -0.537. The fraction of sp³-hybridized carbons (Fsp3) is 0.538. The summed E-state index contributed by atoms with van der Waals surface area (Å²) >= 11 is 0. The van der Waals surface area contributed by atoms with Crippen molar-refractivity contribution in [3.63, 3.8) is 0 Å². The fourth-order valence-corrected chi connectivity index (χ4v) is 2.41. The maximum Gasteiger partial charge on any atom is 0.435 e. The van der Waals surface area contributed by atoms with Gasteiger partial charge in [-0.25, -0.2) is 9.67 Å². The number of hydrogen-bond donors (Lipinski definition) is 1. The van der Waals surface area contributed by atoms with E-state index in [-0.39, 0.29) is 17.7 Å². The van der Waals surface area contributed by atoms with Gasteiger partial charge in [0.05, 0.1) is 0 Å². The van der Waals surface area contributed by atoms with Crippen LogP contribution < -0.4 is 0 Å². The number of aromatic nitrogens is 4. The van der Waals surface area contributed by atoms with E-state index in [1.165, 1.54) is 6.92 Å². The molecular weight excluding hydrogens is 285 g/mol. The number of aryl methyl sites for hydroxylation is 1. The summed E-state index contributed by atoms with van der Waals surface area (Å²) in [6, 6.07) is 1.64. The number of imidazole rings is 1. The number of nitrogens with one attached hydrogen (secondary N) is 1. The molecule has 114 valence electrons. The molecule has 0 aliphatic carbocycles. The molecule has 0 bridgehead atoms. The molecule has 1 N–H and O–H groups in total. The first-order chi connectivity index (χ1) is 9.95. The van der Waals surface area contributed by atoms with Gasteiger partial charge in [0, 0.05) is 18.5 Å². The third kappa shape index (κ3) is 2.80. The van der Waals surface area contributed by atoms with Crippen LogP contribution in [0.25, 0.3) is 11.5 Å². The minimum absolute atomic E-state index is 0.0130. The summed E-state index contributed by atoms with van der Waals surface area (Å²) < 4.78 is 45.5. The van der Waals surface area contributed by atoms with E-state index >= 15 is 0 Å². The zero-order chi connectivity index (χ0) is 15.0. The van der Waals surface area contributed by atoms with Gasteiger partial charge in [0.2, 0.25) is 0 Å². The second-order valence-electron chi connectivity index (χ2n) is 5.06. The summed E-state index contributed by atoms with van der Waals surface area (Å²) in [6.07, 6.45) is 0.0244. The lowest BCUT2D eigenvalue weighted by atomic mass is 10.2. The van der Waals surface area contributed by atoms with Gasteiger partial charge >= 0.3 is 6.18 Å². The SMILES string of the molecule is Cc1[nH]c(-c2ccn(C3CCCCO3)n2)nc1C(F)(F)F. The standard InChI is InChI=1S/C13H15F3N4O/c1-8-11(13(14,15)16)18-12(17-8)9-5-6-20(19-9)10-4-2-3-7-21-10/h5-6,10H,2-4,7H2,1H3,(H,17,18). The van der Waals surface area contributed by atoms with E-state index in [4.69, 9.17) is 4.74 Å². The van der Waals surface area contributed by atoms with E-state index in [2.05, 4.69) is 15.1 Å². The maximum atomic E-state index is 12.7. The van der Waals surface area contributed by atoms with Crippen molar-refractivity contribution in [2.75, 3.05) is 6.61 Å². The van der Waals surface area contributed by atoms with Gasteiger partial charge < -0.3 is 9.72 Å². The molecule has 1 aliphatic heterocycles. The lowest BCUT2D eigenvalue weighted by Gasteiger charge is -2.22. The highest BCUT2D eigenvalue weighted by Gasteiger charge is 2.36. The topological polar surface area (TPSA) is 55.7 Å². The Morgan fingerprint density at radius 3 is 2.81 bits per heavy atom. The van der Waals surface area contributed by atoms with Crippen molar-refractivity contribution in [1.29, 1.82) is 0 Å². The average Bonchev–Trinajstić information content (AvgIpc) is 3.05. The molecule has 5 nitrogen and oxygen atoms in total. The number of alkyl halides is 3. The van der Waals surface area contributed by atoms with Gasteiger partial charge in [-0.05, 0) is 32.3 Å². The lowest BCUT2D eigenvalue weighted by Crippen LogP contribution is -2.18. The van der Waals surface area contributed by atoms with Crippen LogP contribution in [0.5, 0.6) is 0 Å². The van der Waals surface area contributed by atoms with Crippen LogP contribution >= 0.6 is 0 Å². The molecule has 0 spiro atoms. The van der Waals surface area contributed by atoms with Crippen molar-refractivity contribution >= 4 is 0 Å². The number of nitrogens with zero attached hydrogens (tertiary/aromatic N) is 3. The molecule has 21 heavy (non-hydrogen) atoms. The first-order valence-corrected chi connectivity index (χ1v) is 6.76. The van der Waals surface area contributed by atoms with Crippen LogP contribution in [0.2, 0.25) is 0 Å². The first kappa shape index (κ1) is 14.1. The van der Waals surface area contributed by atoms with E-state index in [0.29, 0.717) is 12.3 Å². The zero-order valence-corrected chi connectivity index (χ0v) is 11.4. The largest absolute Gasteiger partial charge is 0.435 e. The molecule has 0 amide bonds. The highest BCUT2D eigenvalue weighted by atomic mass is 19.4. The average molecular weight is 300 g/mol. The van der Waals surface area contributed by atoms with Crippen LogP contribution in [0, 0.1) is 6.92 Å². The van der Waals surface area contributed by atoms with Crippen molar-refractivity contribution in [3.05, 3.63) is 23.7 Å². The monoisotopic (exact) mass is 300 g/mol. The number of halogens is 3. The van der Waals surface area contributed by atoms with E-state index < -0.39 is 11.9 Å². The Labute approximate surface area is 119 Å². The Hall–Kier alpha value is -1.83. The molecule has 1 aliphatic rings. The minimum atomic E-state index is -4.46. The molecule has 1 fully saturated rings. The van der Waals surface area contributed by atoms with Crippen molar-refractivity contribution in [2.45, 2.75) is 38.6 Å². The molecule has 3 rings (SSSR count). The molecule has 0 saturated carbocycles. The van der Waals surface area contributed by atoms with Gasteiger partial charge in [-0.2, -0.15) is 18.3 Å². The van der Waals surface area contributed by atoms with Crippen molar-refractivity contribution in [1.82, 2.24) is 19.7 Å². The summed E-state index contributed by atoms with van der Waals surface area (Å²) in [5, 5.41) is 4.27. The van der Waals surface area contributed by atoms with Crippen LogP contribution in [-0.2, 0) is 10.9 Å². The van der Waals surface area contributed by atoms with Crippen molar-refractivity contribution < 1.29 is 17.9 Å². The third-order valence-electron chi connectivity index (χ3n) is 3.45. The summed E-state index contributed by atoms with van der Waals surface area (Å²) in [7, 11) is 0. The van der Waals surface area contributed by atoms with Crippen LogP contribution in [0.3, 0.4) is 0 Å². The van der Waals surface area contributed by atoms with Crippen LogP contribution in [-0.4, -0.2) is 26.4 Å². The number of rotatable bonds is 2. The maximum absolute atomic E-state index is 12.7.